The first-order chi connectivity index (χ1) is 12.3. The van der Waals surface area contributed by atoms with Crippen LogP contribution >= 0.6 is 22.9 Å². The molecule has 6 nitrogen and oxygen atoms in total. The molecule has 0 aliphatic heterocycles. The molecule has 0 spiro atoms. The average Bonchev–Trinajstić information content (AvgIpc) is 3.33. The molecule has 4 aromatic rings. The lowest BCUT2D eigenvalue weighted by Crippen LogP contribution is -2.04. The minimum absolute atomic E-state index is 0.366. The first kappa shape index (κ1) is 15.7. The number of thiophene rings is 1. The second-order valence-corrected chi connectivity index (χ2v) is 6.49. The van der Waals surface area contributed by atoms with E-state index in [0.717, 1.165) is 10.4 Å². The highest BCUT2D eigenvalue weighted by Gasteiger charge is 2.16. The monoisotopic (exact) mass is 369 g/mol. The summed E-state index contributed by atoms with van der Waals surface area (Å²) in [6.45, 7) is 0.523. The van der Waals surface area contributed by atoms with Gasteiger partial charge in [-0.05, 0) is 23.1 Å². The molecule has 0 aliphatic carbocycles. The van der Waals surface area contributed by atoms with Gasteiger partial charge in [0.25, 0.3) is 5.89 Å². The molecule has 1 N–H and O–H groups in total. The van der Waals surface area contributed by atoms with Crippen LogP contribution in [0.5, 0.6) is 0 Å². The standard InChI is InChI=1S/C17H12ClN5OS/c18-13-5-2-1-4-11(13)8-20-15-12(9-19-10-21-15)17-22-16(23-24-17)14-6-3-7-25-14/h1-7,9-10H,8H2,(H,19,20,21). The number of halogens is 1. The number of nitrogens with one attached hydrogen (secondary N) is 1. The second kappa shape index (κ2) is 7.00. The molecule has 0 saturated carbocycles. The molecule has 0 fully saturated rings. The van der Waals surface area contributed by atoms with E-state index < -0.39 is 0 Å². The molecule has 3 aromatic heterocycles. The van der Waals surface area contributed by atoms with Gasteiger partial charge in [0.1, 0.15) is 17.7 Å². The van der Waals surface area contributed by atoms with Gasteiger partial charge in [-0.25, -0.2) is 9.97 Å². The lowest BCUT2D eigenvalue weighted by molar-refractivity contribution is 0.432. The number of anilines is 1. The summed E-state index contributed by atoms with van der Waals surface area (Å²) in [6, 6.07) is 11.5. The lowest BCUT2D eigenvalue weighted by atomic mass is 10.2. The lowest BCUT2D eigenvalue weighted by Gasteiger charge is -2.09. The van der Waals surface area contributed by atoms with E-state index >= 15 is 0 Å². The Hall–Kier alpha value is -2.77. The van der Waals surface area contributed by atoms with Crippen molar-refractivity contribution in [2.24, 2.45) is 0 Å². The van der Waals surface area contributed by atoms with Crippen LogP contribution in [0.1, 0.15) is 5.56 Å². The van der Waals surface area contributed by atoms with Crippen LogP contribution in [-0.4, -0.2) is 20.1 Å². The maximum absolute atomic E-state index is 6.20. The summed E-state index contributed by atoms with van der Waals surface area (Å²) >= 11 is 7.75. The summed E-state index contributed by atoms with van der Waals surface area (Å²) in [5, 5.41) is 9.94. The Morgan fingerprint density at radius 2 is 2.08 bits per heavy atom. The van der Waals surface area contributed by atoms with Crippen molar-refractivity contribution in [2.75, 3.05) is 5.32 Å². The maximum Gasteiger partial charge on any atom is 0.263 e. The van der Waals surface area contributed by atoms with Crippen LogP contribution in [0, 0.1) is 0 Å². The van der Waals surface area contributed by atoms with Gasteiger partial charge in [0.15, 0.2) is 0 Å². The predicted octanol–water partition coefficient (Wildman–Crippen LogP) is 4.52. The Morgan fingerprint density at radius 1 is 1.16 bits per heavy atom. The Balaban J connectivity index is 1.60. The van der Waals surface area contributed by atoms with E-state index in [1.807, 2.05) is 41.8 Å². The minimum atomic E-state index is 0.366. The molecule has 0 bridgehead atoms. The predicted molar refractivity (Wildman–Crippen MR) is 97.4 cm³/mol. The third-order valence-corrected chi connectivity index (χ3v) is 4.75. The van der Waals surface area contributed by atoms with Gasteiger partial charge in [-0.2, -0.15) is 4.98 Å². The smallest absolute Gasteiger partial charge is 0.263 e. The van der Waals surface area contributed by atoms with Gasteiger partial charge in [0.2, 0.25) is 5.82 Å². The van der Waals surface area contributed by atoms with Gasteiger partial charge in [0.05, 0.1) is 4.88 Å². The highest BCUT2D eigenvalue weighted by Crippen LogP contribution is 2.28. The van der Waals surface area contributed by atoms with E-state index in [0.29, 0.717) is 34.7 Å². The van der Waals surface area contributed by atoms with E-state index in [1.54, 1.807) is 17.5 Å². The second-order valence-electron chi connectivity index (χ2n) is 5.13. The van der Waals surface area contributed by atoms with Crippen molar-refractivity contribution in [2.45, 2.75) is 6.54 Å². The zero-order valence-corrected chi connectivity index (χ0v) is 14.5. The van der Waals surface area contributed by atoms with Gasteiger partial charge >= 0.3 is 0 Å². The van der Waals surface area contributed by atoms with Crippen molar-refractivity contribution in [3.63, 3.8) is 0 Å². The number of rotatable bonds is 5. The Kier molecular flexibility index (Phi) is 4.41. The van der Waals surface area contributed by atoms with E-state index in [2.05, 4.69) is 25.4 Å². The molecule has 0 saturated heterocycles. The molecule has 4 rings (SSSR count). The minimum Gasteiger partial charge on any atom is -0.365 e. The topological polar surface area (TPSA) is 76.7 Å². The number of aromatic nitrogens is 4. The van der Waals surface area contributed by atoms with Crippen molar-refractivity contribution >= 4 is 28.8 Å². The first-order valence-corrected chi connectivity index (χ1v) is 8.72. The van der Waals surface area contributed by atoms with Crippen LogP contribution < -0.4 is 5.32 Å². The van der Waals surface area contributed by atoms with E-state index in [4.69, 9.17) is 16.1 Å². The van der Waals surface area contributed by atoms with Gasteiger partial charge < -0.3 is 9.84 Å². The number of hydrogen-bond donors (Lipinski definition) is 1. The highest BCUT2D eigenvalue weighted by atomic mass is 35.5. The molecule has 0 radical (unpaired) electrons. The molecule has 124 valence electrons. The van der Waals surface area contributed by atoms with Gasteiger partial charge in [-0.3, -0.25) is 0 Å². The maximum atomic E-state index is 6.20. The van der Waals surface area contributed by atoms with Gasteiger partial charge in [-0.1, -0.05) is 41.0 Å². The fourth-order valence-corrected chi connectivity index (χ4v) is 3.14. The molecule has 1 aromatic carbocycles. The van der Waals surface area contributed by atoms with E-state index in [9.17, 15) is 0 Å². The summed E-state index contributed by atoms with van der Waals surface area (Å²) in [5.41, 5.74) is 1.61. The number of benzene rings is 1. The fourth-order valence-electron chi connectivity index (χ4n) is 2.29. The van der Waals surface area contributed by atoms with Crippen molar-refractivity contribution < 1.29 is 4.52 Å². The van der Waals surface area contributed by atoms with Gasteiger partial charge in [0, 0.05) is 17.8 Å². The largest absolute Gasteiger partial charge is 0.365 e. The Morgan fingerprint density at radius 3 is 2.92 bits per heavy atom. The average molecular weight is 370 g/mol. The normalized spacial score (nSPS) is 10.8. The van der Waals surface area contributed by atoms with E-state index in [-0.39, 0.29) is 0 Å². The molecule has 0 unspecified atom stereocenters. The summed E-state index contributed by atoms with van der Waals surface area (Å²) in [4.78, 5) is 13.7. The molecule has 25 heavy (non-hydrogen) atoms. The molecule has 8 heteroatoms. The van der Waals surface area contributed by atoms with Crippen molar-refractivity contribution in [3.05, 3.63) is 64.9 Å². The third-order valence-electron chi connectivity index (χ3n) is 3.51. The Labute approximate surface area is 152 Å². The molecule has 0 aliphatic rings. The summed E-state index contributed by atoms with van der Waals surface area (Å²) < 4.78 is 5.39. The number of nitrogens with zero attached hydrogens (tertiary/aromatic N) is 4. The van der Waals surface area contributed by atoms with Crippen LogP contribution in [0.4, 0.5) is 5.82 Å². The summed E-state index contributed by atoms with van der Waals surface area (Å²) in [7, 11) is 0. The van der Waals surface area contributed by atoms with Crippen LogP contribution in [0.25, 0.3) is 22.2 Å². The first-order valence-electron chi connectivity index (χ1n) is 7.46. The van der Waals surface area contributed by atoms with Crippen LogP contribution in [0.2, 0.25) is 5.02 Å². The van der Waals surface area contributed by atoms with Crippen LogP contribution in [0.15, 0.2) is 58.8 Å². The van der Waals surface area contributed by atoms with Crippen molar-refractivity contribution in [1.29, 1.82) is 0 Å². The van der Waals surface area contributed by atoms with Crippen LogP contribution in [0.3, 0.4) is 0 Å². The molecular weight excluding hydrogens is 358 g/mol. The highest BCUT2D eigenvalue weighted by molar-refractivity contribution is 7.13. The van der Waals surface area contributed by atoms with E-state index in [1.165, 1.54) is 6.33 Å². The molecule has 3 heterocycles. The zero-order chi connectivity index (χ0) is 17.1. The number of hydrogen-bond acceptors (Lipinski definition) is 7. The molecular formula is C17H12ClN5OS. The fraction of sp³-hybridized carbons (Fsp3) is 0.0588. The summed E-state index contributed by atoms with van der Waals surface area (Å²) in [6.07, 6.45) is 3.11. The third kappa shape index (κ3) is 3.38. The summed E-state index contributed by atoms with van der Waals surface area (Å²) in [5.74, 6) is 1.52. The zero-order valence-electron chi connectivity index (χ0n) is 12.9. The molecule has 0 amide bonds. The quantitative estimate of drug-likeness (QED) is 0.557. The Bertz CT molecular complexity index is 986. The van der Waals surface area contributed by atoms with Gasteiger partial charge in [-0.15, -0.1) is 11.3 Å². The van der Waals surface area contributed by atoms with Crippen molar-refractivity contribution in [3.8, 4) is 22.2 Å². The SMILES string of the molecule is Clc1ccccc1CNc1ncncc1-c1nc(-c2cccs2)no1. The molecule has 0 atom stereocenters. The van der Waals surface area contributed by atoms with Crippen molar-refractivity contribution in [1.82, 2.24) is 20.1 Å². The van der Waals surface area contributed by atoms with Crippen LogP contribution in [-0.2, 0) is 6.54 Å².